The van der Waals surface area contributed by atoms with Crippen LogP contribution in [0, 0.1) is 0 Å². The lowest BCUT2D eigenvalue weighted by atomic mass is 10.1. The first kappa shape index (κ1) is 11.1. The molecule has 1 aliphatic heterocycles. The van der Waals surface area contributed by atoms with Crippen molar-refractivity contribution in [3.05, 3.63) is 30.1 Å². The summed E-state index contributed by atoms with van der Waals surface area (Å²) in [4.78, 5) is 20.3. The van der Waals surface area contributed by atoms with Crippen LogP contribution in [0.1, 0.15) is 17.3 Å². The standard InChI is InChI=1S/C12H17N3O/c1-10-9-14(2)6-7-15(10)12(16)11-4-3-5-13-8-11/h3-5,8,10H,6-7,9H2,1-2H3/t10-/m1/s1. The highest BCUT2D eigenvalue weighted by Crippen LogP contribution is 2.12. The maximum Gasteiger partial charge on any atom is 0.255 e. The molecule has 0 N–H and O–H groups in total. The third-order valence-electron chi connectivity index (χ3n) is 3.00. The summed E-state index contributed by atoms with van der Waals surface area (Å²) in [7, 11) is 2.09. The Kier molecular flexibility index (Phi) is 3.19. The van der Waals surface area contributed by atoms with Gasteiger partial charge in [-0.05, 0) is 26.1 Å². The number of nitrogens with zero attached hydrogens (tertiary/aromatic N) is 3. The highest BCUT2D eigenvalue weighted by molar-refractivity contribution is 5.94. The van der Waals surface area contributed by atoms with Gasteiger partial charge in [-0.1, -0.05) is 0 Å². The molecule has 0 bridgehead atoms. The molecule has 1 atom stereocenters. The number of piperazine rings is 1. The average molecular weight is 219 g/mol. The largest absolute Gasteiger partial charge is 0.333 e. The van der Waals surface area contributed by atoms with E-state index in [1.54, 1.807) is 18.5 Å². The van der Waals surface area contributed by atoms with Gasteiger partial charge in [-0.2, -0.15) is 0 Å². The van der Waals surface area contributed by atoms with Gasteiger partial charge in [-0.15, -0.1) is 0 Å². The molecular formula is C12H17N3O. The summed E-state index contributed by atoms with van der Waals surface area (Å²) >= 11 is 0. The first-order valence-electron chi connectivity index (χ1n) is 5.58. The predicted molar refractivity (Wildman–Crippen MR) is 62.2 cm³/mol. The minimum Gasteiger partial charge on any atom is -0.333 e. The van der Waals surface area contributed by atoms with Crippen molar-refractivity contribution in [3.63, 3.8) is 0 Å². The Balaban J connectivity index is 2.11. The SMILES string of the molecule is C[C@@H]1CN(C)CCN1C(=O)c1cccnc1. The summed E-state index contributed by atoms with van der Waals surface area (Å²) < 4.78 is 0. The molecule has 0 spiro atoms. The van der Waals surface area contributed by atoms with Crippen molar-refractivity contribution in [1.29, 1.82) is 0 Å². The maximum absolute atomic E-state index is 12.2. The van der Waals surface area contributed by atoms with Crippen molar-refractivity contribution in [2.24, 2.45) is 0 Å². The Morgan fingerprint density at radius 1 is 1.50 bits per heavy atom. The number of rotatable bonds is 1. The van der Waals surface area contributed by atoms with Crippen molar-refractivity contribution in [3.8, 4) is 0 Å². The average Bonchev–Trinajstić information content (AvgIpc) is 2.29. The summed E-state index contributed by atoms with van der Waals surface area (Å²) in [5.74, 6) is 0.0914. The second kappa shape index (κ2) is 4.61. The molecule has 0 saturated carbocycles. The Morgan fingerprint density at radius 3 is 2.94 bits per heavy atom. The van der Waals surface area contributed by atoms with Gasteiger partial charge in [0.15, 0.2) is 0 Å². The molecule has 2 heterocycles. The van der Waals surface area contributed by atoms with Crippen LogP contribution in [0.4, 0.5) is 0 Å². The van der Waals surface area contributed by atoms with Crippen molar-refractivity contribution in [2.45, 2.75) is 13.0 Å². The molecule has 1 aromatic heterocycles. The first-order valence-corrected chi connectivity index (χ1v) is 5.58. The normalized spacial score (nSPS) is 22.1. The fourth-order valence-corrected chi connectivity index (χ4v) is 2.10. The lowest BCUT2D eigenvalue weighted by molar-refractivity contribution is 0.0533. The summed E-state index contributed by atoms with van der Waals surface area (Å²) in [6, 6.07) is 3.89. The van der Waals surface area contributed by atoms with Crippen LogP contribution >= 0.6 is 0 Å². The number of likely N-dealkylation sites (N-methyl/N-ethyl adjacent to an activating group) is 1. The monoisotopic (exact) mass is 219 g/mol. The van der Waals surface area contributed by atoms with Crippen LogP contribution in [0.3, 0.4) is 0 Å². The first-order chi connectivity index (χ1) is 7.68. The topological polar surface area (TPSA) is 36.4 Å². The molecule has 1 aliphatic rings. The summed E-state index contributed by atoms with van der Waals surface area (Å²) in [5, 5.41) is 0. The number of aromatic nitrogens is 1. The molecule has 4 heteroatoms. The number of carbonyl (C=O) groups excluding carboxylic acids is 1. The van der Waals surface area contributed by atoms with Crippen LogP contribution in [0.25, 0.3) is 0 Å². The van der Waals surface area contributed by atoms with E-state index < -0.39 is 0 Å². The van der Waals surface area contributed by atoms with Gasteiger partial charge in [-0.25, -0.2) is 0 Å². The number of hydrogen-bond donors (Lipinski definition) is 0. The van der Waals surface area contributed by atoms with E-state index in [1.165, 1.54) is 0 Å². The van der Waals surface area contributed by atoms with E-state index >= 15 is 0 Å². The van der Waals surface area contributed by atoms with E-state index in [1.807, 2.05) is 11.0 Å². The summed E-state index contributed by atoms with van der Waals surface area (Å²) in [6.45, 7) is 4.76. The molecule has 0 radical (unpaired) electrons. The molecule has 86 valence electrons. The minimum atomic E-state index is 0.0914. The van der Waals surface area contributed by atoms with Crippen LogP contribution in [0.5, 0.6) is 0 Å². The van der Waals surface area contributed by atoms with Gasteiger partial charge in [0.25, 0.3) is 5.91 Å². The van der Waals surface area contributed by atoms with Crippen molar-refractivity contribution in [1.82, 2.24) is 14.8 Å². The van der Waals surface area contributed by atoms with Gasteiger partial charge in [-0.3, -0.25) is 9.78 Å². The van der Waals surface area contributed by atoms with E-state index in [4.69, 9.17) is 0 Å². The number of carbonyl (C=O) groups is 1. The van der Waals surface area contributed by atoms with E-state index in [2.05, 4.69) is 23.9 Å². The smallest absolute Gasteiger partial charge is 0.255 e. The zero-order chi connectivity index (χ0) is 11.5. The Hall–Kier alpha value is -1.42. The highest BCUT2D eigenvalue weighted by atomic mass is 16.2. The molecule has 0 unspecified atom stereocenters. The van der Waals surface area contributed by atoms with Gasteiger partial charge < -0.3 is 9.80 Å². The van der Waals surface area contributed by atoms with Crippen LogP contribution in [0.15, 0.2) is 24.5 Å². The van der Waals surface area contributed by atoms with E-state index in [9.17, 15) is 4.79 Å². The molecule has 1 amide bonds. The number of pyridine rings is 1. The number of amides is 1. The van der Waals surface area contributed by atoms with Crippen LogP contribution in [0.2, 0.25) is 0 Å². The molecule has 4 nitrogen and oxygen atoms in total. The third-order valence-corrected chi connectivity index (χ3v) is 3.00. The lowest BCUT2D eigenvalue weighted by Gasteiger charge is -2.38. The van der Waals surface area contributed by atoms with Crippen molar-refractivity contribution >= 4 is 5.91 Å². The molecule has 1 fully saturated rings. The molecule has 2 rings (SSSR count). The quantitative estimate of drug-likeness (QED) is 0.703. The van der Waals surface area contributed by atoms with Gasteiger partial charge >= 0.3 is 0 Å². The molecule has 1 saturated heterocycles. The van der Waals surface area contributed by atoms with Crippen LogP contribution in [-0.4, -0.2) is 53.4 Å². The third kappa shape index (κ3) is 2.22. The Morgan fingerprint density at radius 2 is 2.31 bits per heavy atom. The van der Waals surface area contributed by atoms with E-state index in [-0.39, 0.29) is 11.9 Å². The van der Waals surface area contributed by atoms with Crippen molar-refractivity contribution < 1.29 is 4.79 Å². The van der Waals surface area contributed by atoms with Gasteiger partial charge in [0.2, 0.25) is 0 Å². The molecule has 0 aliphatic carbocycles. The molecule has 16 heavy (non-hydrogen) atoms. The van der Waals surface area contributed by atoms with E-state index in [0.717, 1.165) is 19.6 Å². The zero-order valence-electron chi connectivity index (χ0n) is 9.76. The second-order valence-corrected chi connectivity index (χ2v) is 4.35. The fraction of sp³-hybridized carbons (Fsp3) is 0.500. The van der Waals surface area contributed by atoms with Gasteiger partial charge in [0, 0.05) is 38.1 Å². The number of hydrogen-bond acceptors (Lipinski definition) is 3. The molecular weight excluding hydrogens is 202 g/mol. The van der Waals surface area contributed by atoms with Crippen LogP contribution in [-0.2, 0) is 0 Å². The van der Waals surface area contributed by atoms with Crippen LogP contribution < -0.4 is 0 Å². The zero-order valence-corrected chi connectivity index (χ0v) is 9.76. The lowest BCUT2D eigenvalue weighted by Crippen LogP contribution is -2.52. The van der Waals surface area contributed by atoms with Gasteiger partial charge in [0.1, 0.15) is 0 Å². The maximum atomic E-state index is 12.2. The second-order valence-electron chi connectivity index (χ2n) is 4.35. The Bertz CT molecular complexity index is 366. The fourth-order valence-electron chi connectivity index (χ4n) is 2.10. The highest BCUT2D eigenvalue weighted by Gasteiger charge is 2.26. The van der Waals surface area contributed by atoms with Gasteiger partial charge in [0.05, 0.1) is 5.56 Å². The van der Waals surface area contributed by atoms with Crippen molar-refractivity contribution in [2.75, 3.05) is 26.7 Å². The summed E-state index contributed by atoms with van der Waals surface area (Å²) in [6.07, 6.45) is 3.32. The molecule has 1 aromatic rings. The minimum absolute atomic E-state index is 0.0914. The van der Waals surface area contributed by atoms with E-state index in [0.29, 0.717) is 5.56 Å². The Labute approximate surface area is 95.9 Å². The predicted octanol–water partition coefficient (Wildman–Crippen LogP) is 0.858. The summed E-state index contributed by atoms with van der Waals surface area (Å²) in [5.41, 5.74) is 0.680. The molecule has 0 aromatic carbocycles.